The van der Waals surface area contributed by atoms with Gasteiger partial charge in [-0.25, -0.2) is 8.42 Å². The first-order valence-corrected chi connectivity index (χ1v) is 11.2. The molecule has 1 unspecified atom stereocenters. The van der Waals surface area contributed by atoms with E-state index in [2.05, 4.69) is 0 Å². The number of rotatable bonds is 7. The molecule has 1 atom stereocenters. The van der Waals surface area contributed by atoms with Gasteiger partial charge in [-0.1, -0.05) is 25.1 Å². The van der Waals surface area contributed by atoms with Gasteiger partial charge in [-0.3, -0.25) is 4.57 Å². The third-order valence-corrected chi connectivity index (χ3v) is 9.50. The molecule has 0 fully saturated rings. The van der Waals surface area contributed by atoms with Gasteiger partial charge in [-0.15, -0.1) is 0 Å². The number of nitrogens with zero attached hydrogens (tertiary/aromatic N) is 1. The van der Waals surface area contributed by atoms with Gasteiger partial charge in [0, 0.05) is 5.75 Å². The van der Waals surface area contributed by atoms with E-state index in [1.807, 2.05) is 6.92 Å². The molecule has 0 amide bonds. The van der Waals surface area contributed by atoms with Crippen LogP contribution in [0.25, 0.3) is 0 Å². The summed E-state index contributed by atoms with van der Waals surface area (Å²) in [6.45, 7) is 1.93. The lowest BCUT2D eigenvalue weighted by Gasteiger charge is -2.30. The van der Waals surface area contributed by atoms with Crippen LogP contribution in [0.4, 0.5) is 5.69 Å². The molecule has 0 aliphatic carbocycles. The molecule has 0 N–H and O–H groups in total. The van der Waals surface area contributed by atoms with Crippen LogP contribution in [0, 0.1) is 6.92 Å². The Morgan fingerprint density at radius 1 is 1.30 bits per heavy atom. The van der Waals surface area contributed by atoms with Crippen molar-refractivity contribution in [3.05, 3.63) is 29.8 Å². The first-order chi connectivity index (χ1) is 9.26. The van der Waals surface area contributed by atoms with E-state index in [0.717, 1.165) is 27.3 Å². The highest BCUT2D eigenvalue weighted by Gasteiger charge is 2.39. The van der Waals surface area contributed by atoms with E-state index in [4.69, 9.17) is 4.52 Å². The van der Waals surface area contributed by atoms with Crippen LogP contribution in [0.2, 0.25) is 0 Å². The molecule has 1 aromatic carbocycles. The third kappa shape index (κ3) is 4.01. The highest BCUT2D eigenvalue weighted by Crippen LogP contribution is 2.64. The maximum atomic E-state index is 13.0. The molecule has 0 saturated carbocycles. The monoisotopic (exact) mass is 337 g/mol. The van der Waals surface area contributed by atoms with Crippen molar-refractivity contribution in [2.45, 2.75) is 20.8 Å². The Labute approximate surface area is 125 Å². The van der Waals surface area contributed by atoms with Gasteiger partial charge in [0.05, 0.1) is 18.6 Å². The average molecular weight is 337 g/mol. The SMILES string of the molecule is CCOP(=O)(SCC)N(c1ccccc1C)S(C)(=O)=O. The lowest BCUT2D eigenvalue weighted by atomic mass is 10.2. The summed E-state index contributed by atoms with van der Waals surface area (Å²) >= 11 is 1.02. The predicted octanol–water partition coefficient (Wildman–Crippen LogP) is 3.66. The minimum atomic E-state index is -3.72. The Bertz CT molecular complexity index is 593. The molecule has 0 aliphatic heterocycles. The molecule has 0 spiro atoms. The first kappa shape index (κ1) is 17.6. The van der Waals surface area contributed by atoms with Crippen molar-refractivity contribution < 1.29 is 17.5 Å². The fourth-order valence-corrected chi connectivity index (χ4v) is 8.93. The lowest BCUT2D eigenvalue weighted by Crippen LogP contribution is -2.27. The molecule has 0 heterocycles. The van der Waals surface area contributed by atoms with Gasteiger partial charge in [-0.05, 0) is 36.9 Å². The van der Waals surface area contributed by atoms with Crippen molar-refractivity contribution in [2.24, 2.45) is 0 Å². The molecule has 0 radical (unpaired) electrons. The molecule has 0 aliphatic rings. The van der Waals surface area contributed by atoms with Crippen LogP contribution in [-0.2, 0) is 19.1 Å². The number of hydrogen-bond acceptors (Lipinski definition) is 5. The van der Waals surface area contributed by atoms with Gasteiger partial charge in [-0.2, -0.15) is 4.08 Å². The Morgan fingerprint density at radius 2 is 1.90 bits per heavy atom. The summed E-state index contributed by atoms with van der Waals surface area (Å²) in [7, 11) is -3.72. The maximum absolute atomic E-state index is 13.0. The van der Waals surface area contributed by atoms with Crippen LogP contribution in [0.5, 0.6) is 0 Å². The van der Waals surface area contributed by atoms with Gasteiger partial charge < -0.3 is 4.52 Å². The fraction of sp³-hybridized carbons (Fsp3) is 0.500. The smallest absolute Gasteiger partial charge is 0.305 e. The highest BCUT2D eigenvalue weighted by atomic mass is 32.7. The zero-order valence-corrected chi connectivity index (χ0v) is 14.6. The molecule has 0 saturated heterocycles. The van der Waals surface area contributed by atoms with E-state index in [9.17, 15) is 13.0 Å². The van der Waals surface area contributed by atoms with Crippen molar-refractivity contribution >= 4 is 33.8 Å². The molecule has 114 valence electrons. The fourth-order valence-electron chi connectivity index (χ4n) is 1.74. The summed E-state index contributed by atoms with van der Waals surface area (Å²) in [5.74, 6) is 0.495. The van der Waals surface area contributed by atoms with Crippen LogP contribution in [0.1, 0.15) is 19.4 Å². The van der Waals surface area contributed by atoms with Crippen molar-refractivity contribution in [1.29, 1.82) is 0 Å². The zero-order chi connectivity index (χ0) is 15.4. The summed E-state index contributed by atoms with van der Waals surface area (Å²) in [5, 5.41) is 0. The van der Waals surface area contributed by atoms with Crippen LogP contribution >= 0.6 is 18.1 Å². The summed E-state index contributed by atoms with van der Waals surface area (Å²) in [6, 6.07) is 6.93. The molecule has 5 nitrogen and oxygen atoms in total. The van der Waals surface area contributed by atoms with Crippen LogP contribution in [-0.4, -0.2) is 27.0 Å². The van der Waals surface area contributed by atoms with E-state index < -0.39 is 16.7 Å². The Balaban J connectivity index is 3.48. The van der Waals surface area contributed by atoms with E-state index in [1.54, 1.807) is 38.1 Å². The van der Waals surface area contributed by atoms with Crippen LogP contribution in [0.15, 0.2) is 24.3 Å². The number of para-hydroxylation sites is 1. The average Bonchev–Trinajstić information content (AvgIpc) is 2.30. The molecular weight excluding hydrogens is 317 g/mol. The molecule has 0 bridgehead atoms. The predicted molar refractivity (Wildman–Crippen MR) is 85.9 cm³/mol. The number of aryl methyl sites for hydroxylation is 1. The lowest BCUT2D eigenvalue weighted by molar-refractivity contribution is 0.347. The largest absolute Gasteiger partial charge is 0.367 e. The molecule has 20 heavy (non-hydrogen) atoms. The van der Waals surface area contributed by atoms with E-state index in [0.29, 0.717) is 11.4 Å². The van der Waals surface area contributed by atoms with Gasteiger partial charge in [0.1, 0.15) is 0 Å². The molecule has 1 rings (SSSR count). The standard InChI is InChI=1S/C12H20NO4PS2/c1-5-17-18(14,19-6-2)13(20(4,15)16)12-10-8-7-9-11(12)3/h7-10H,5-6H2,1-4H3. The van der Waals surface area contributed by atoms with Gasteiger partial charge in [0.15, 0.2) is 0 Å². The summed E-state index contributed by atoms with van der Waals surface area (Å²) < 4.78 is 43.6. The van der Waals surface area contributed by atoms with Gasteiger partial charge >= 0.3 is 6.72 Å². The Hall–Kier alpha value is -0.490. The second-order valence-corrected chi connectivity index (χ2v) is 10.8. The topological polar surface area (TPSA) is 63.7 Å². The normalized spacial score (nSPS) is 14.8. The van der Waals surface area contributed by atoms with Crippen molar-refractivity contribution in [2.75, 3.05) is 22.7 Å². The van der Waals surface area contributed by atoms with Gasteiger partial charge in [0.25, 0.3) is 0 Å². The van der Waals surface area contributed by atoms with Crippen molar-refractivity contribution in [3.8, 4) is 0 Å². The third-order valence-electron chi connectivity index (χ3n) is 2.44. The second-order valence-electron chi connectivity index (χ2n) is 4.10. The van der Waals surface area contributed by atoms with E-state index in [1.165, 1.54) is 0 Å². The second kappa shape index (κ2) is 6.98. The molecule has 1 aromatic rings. The molecule has 0 aromatic heterocycles. The Kier molecular flexibility index (Phi) is 6.13. The summed E-state index contributed by atoms with van der Waals surface area (Å²) in [5.41, 5.74) is 1.13. The zero-order valence-electron chi connectivity index (χ0n) is 12.1. The number of anilines is 1. The maximum Gasteiger partial charge on any atom is 0.367 e. The number of hydrogen-bond donors (Lipinski definition) is 0. The molecular formula is C12H20NO4PS2. The van der Waals surface area contributed by atoms with Crippen molar-refractivity contribution in [1.82, 2.24) is 0 Å². The highest BCUT2D eigenvalue weighted by molar-refractivity contribution is 8.58. The van der Waals surface area contributed by atoms with E-state index >= 15 is 0 Å². The quantitative estimate of drug-likeness (QED) is 0.711. The number of sulfonamides is 1. The minimum absolute atomic E-state index is 0.183. The summed E-state index contributed by atoms with van der Waals surface area (Å²) in [6.07, 6.45) is 1.04. The first-order valence-electron chi connectivity index (χ1n) is 6.21. The van der Waals surface area contributed by atoms with Crippen molar-refractivity contribution in [3.63, 3.8) is 0 Å². The van der Waals surface area contributed by atoms with Crippen LogP contribution < -0.4 is 4.08 Å². The molecule has 8 heteroatoms. The summed E-state index contributed by atoms with van der Waals surface area (Å²) in [4.78, 5) is 0. The minimum Gasteiger partial charge on any atom is -0.305 e. The van der Waals surface area contributed by atoms with Crippen LogP contribution in [0.3, 0.4) is 0 Å². The number of benzene rings is 1. The Morgan fingerprint density at radius 3 is 2.35 bits per heavy atom. The van der Waals surface area contributed by atoms with Gasteiger partial charge in [0.2, 0.25) is 10.0 Å². The van der Waals surface area contributed by atoms with E-state index in [-0.39, 0.29) is 6.61 Å².